The molecule has 102 valence electrons. The third-order valence-corrected chi connectivity index (χ3v) is 2.55. The lowest BCUT2D eigenvalue weighted by atomic mass is 10.1. The van der Waals surface area contributed by atoms with E-state index in [0.717, 1.165) is 16.9 Å². The highest BCUT2D eigenvalue weighted by Gasteiger charge is 2.33. The third-order valence-electron chi connectivity index (χ3n) is 2.55. The number of hydrogen-bond acceptors (Lipinski definition) is 2. The summed E-state index contributed by atoms with van der Waals surface area (Å²) in [4.78, 5) is 0. The van der Waals surface area contributed by atoms with Crippen molar-refractivity contribution in [1.29, 1.82) is 0 Å². The lowest BCUT2D eigenvalue weighted by Crippen LogP contribution is -2.12. The molecule has 0 aliphatic rings. The molecule has 2 rings (SSSR count). The highest BCUT2D eigenvalue weighted by atomic mass is 19.4. The van der Waals surface area contributed by atoms with E-state index in [1.165, 1.54) is 12.1 Å². The molecule has 0 aliphatic heterocycles. The number of halogens is 4. The van der Waals surface area contributed by atoms with Gasteiger partial charge in [0.1, 0.15) is 11.5 Å². The topological polar surface area (TPSA) is 29.9 Å². The first-order chi connectivity index (χ1) is 8.93. The molecule has 7 heteroatoms. The number of nitrogens with one attached hydrogen (secondary N) is 1. The van der Waals surface area contributed by atoms with E-state index in [0.29, 0.717) is 12.1 Å². The maximum absolute atomic E-state index is 13.8. The van der Waals surface area contributed by atoms with Crippen molar-refractivity contribution in [3.05, 3.63) is 47.5 Å². The Morgan fingerprint density at radius 3 is 2.58 bits per heavy atom. The Morgan fingerprint density at radius 2 is 2.00 bits per heavy atom. The summed E-state index contributed by atoms with van der Waals surface area (Å²) < 4.78 is 52.2. The largest absolute Gasteiger partial charge is 0.435 e. The van der Waals surface area contributed by atoms with Crippen LogP contribution in [-0.2, 0) is 12.7 Å². The summed E-state index contributed by atoms with van der Waals surface area (Å²) in [5.41, 5.74) is -0.502. The van der Waals surface area contributed by atoms with Gasteiger partial charge in [0.15, 0.2) is 5.69 Å². The van der Waals surface area contributed by atoms with Gasteiger partial charge in [-0.25, -0.2) is 9.07 Å². The summed E-state index contributed by atoms with van der Waals surface area (Å²) in [5, 5.41) is 6.21. The molecule has 0 radical (unpaired) electrons. The average molecular weight is 273 g/mol. The van der Waals surface area contributed by atoms with Gasteiger partial charge in [-0.1, -0.05) is 12.1 Å². The number of alkyl halides is 3. The summed E-state index contributed by atoms with van der Waals surface area (Å²) >= 11 is 0. The molecule has 3 nitrogen and oxygen atoms in total. The molecule has 1 aromatic heterocycles. The van der Waals surface area contributed by atoms with E-state index in [2.05, 4.69) is 10.4 Å². The smallest absolute Gasteiger partial charge is 0.316 e. The number of para-hydroxylation sites is 1. The molecule has 1 N–H and O–H groups in total. The average Bonchev–Trinajstić information content (AvgIpc) is 2.78. The predicted molar refractivity (Wildman–Crippen MR) is 61.3 cm³/mol. The Kier molecular flexibility index (Phi) is 3.57. The van der Waals surface area contributed by atoms with Crippen LogP contribution in [0.2, 0.25) is 0 Å². The van der Waals surface area contributed by atoms with Crippen molar-refractivity contribution in [1.82, 2.24) is 15.1 Å². The highest BCUT2D eigenvalue weighted by molar-refractivity contribution is 5.42. The van der Waals surface area contributed by atoms with Gasteiger partial charge in [-0.2, -0.15) is 18.3 Å². The van der Waals surface area contributed by atoms with Crippen LogP contribution in [0, 0.1) is 5.82 Å². The molecule has 0 aliphatic carbocycles. The van der Waals surface area contributed by atoms with Crippen molar-refractivity contribution < 1.29 is 17.6 Å². The van der Waals surface area contributed by atoms with Gasteiger partial charge in [0.25, 0.3) is 0 Å². The summed E-state index contributed by atoms with van der Waals surface area (Å²) in [6.07, 6.45) is -3.44. The maximum atomic E-state index is 13.8. The zero-order valence-corrected chi connectivity index (χ0v) is 10.0. The number of benzene rings is 1. The van der Waals surface area contributed by atoms with Crippen LogP contribution in [0.5, 0.6) is 0 Å². The van der Waals surface area contributed by atoms with Crippen LogP contribution in [-0.4, -0.2) is 16.8 Å². The first kappa shape index (κ1) is 13.5. The minimum atomic E-state index is -4.54. The van der Waals surface area contributed by atoms with Crippen LogP contribution in [0.1, 0.15) is 11.3 Å². The minimum absolute atomic E-state index is 0.0207. The van der Waals surface area contributed by atoms with Crippen molar-refractivity contribution in [3.8, 4) is 5.69 Å². The van der Waals surface area contributed by atoms with Gasteiger partial charge in [-0.3, -0.25) is 0 Å². The molecule has 2 aromatic rings. The summed E-state index contributed by atoms with van der Waals surface area (Å²) in [7, 11) is 1.67. The van der Waals surface area contributed by atoms with E-state index < -0.39 is 17.7 Å². The zero-order valence-electron chi connectivity index (χ0n) is 10.0. The Labute approximate surface area is 106 Å². The van der Waals surface area contributed by atoms with Gasteiger partial charge in [0, 0.05) is 12.7 Å². The molecular weight excluding hydrogens is 262 g/mol. The molecule has 0 bridgehead atoms. The van der Waals surface area contributed by atoms with Gasteiger partial charge in [-0.05, 0) is 24.7 Å². The van der Waals surface area contributed by atoms with Gasteiger partial charge >= 0.3 is 6.18 Å². The lowest BCUT2D eigenvalue weighted by molar-refractivity contribution is -0.141. The lowest BCUT2D eigenvalue weighted by Gasteiger charge is -2.10. The molecule has 0 fully saturated rings. The predicted octanol–water partition coefficient (Wildman–Crippen LogP) is 2.75. The number of aromatic nitrogens is 2. The molecule has 1 heterocycles. The number of nitrogens with zero attached hydrogens (tertiary/aromatic N) is 2. The first-order valence-electron chi connectivity index (χ1n) is 5.48. The van der Waals surface area contributed by atoms with Crippen LogP contribution in [0.15, 0.2) is 30.5 Å². The van der Waals surface area contributed by atoms with E-state index in [1.807, 2.05) is 0 Å². The summed E-state index contributed by atoms with van der Waals surface area (Å²) in [6, 6.07) is 5.13. The van der Waals surface area contributed by atoms with E-state index in [-0.39, 0.29) is 5.69 Å². The molecule has 0 atom stereocenters. The fourth-order valence-corrected chi connectivity index (χ4v) is 1.75. The standard InChI is InChI=1S/C12H11F4N3/c1-17-7-8-3-2-4-9(13)11(8)19-6-5-10(18-19)12(14,15)16/h2-6,17H,7H2,1H3. The normalized spacial score (nSPS) is 11.8. The number of rotatable bonds is 3. The molecule has 0 saturated heterocycles. The van der Waals surface area contributed by atoms with Gasteiger partial charge in [0.2, 0.25) is 0 Å². The fourth-order valence-electron chi connectivity index (χ4n) is 1.75. The third kappa shape index (κ3) is 2.76. The van der Waals surface area contributed by atoms with Crippen molar-refractivity contribution in [2.24, 2.45) is 0 Å². The van der Waals surface area contributed by atoms with Gasteiger partial charge in [-0.15, -0.1) is 0 Å². The second-order valence-corrected chi connectivity index (χ2v) is 3.92. The first-order valence-corrected chi connectivity index (χ1v) is 5.48. The van der Waals surface area contributed by atoms with E-state index >= 15 is 0 Å². The molecule has 0 amide bonds. The van der Waals surface area contributed by atoms with Gasteiger partial charge < -0.3 is 5.32 Å². The molecule has 0 saturated carbocycles. The van der Waals surface area contributed by atoms with Crippen molar-refractivity contribution in [2.45, 2.75) is 12.7 Å². The van der Waals surface area contributed by atoms with Crippen LogP contribution >= 0.6 is 0 Å². The molecule has 19 heavy (non-hydrogen) atoms. The molecule has 0 unspecified atom stereocenters. The Morgan fingerprint density at radius 1 is 1.26 bits per heavy atom. The van der Waals surface area contributed by atoms with Crippen LogP contribution in [0.3, 0.4) is 0 Å². The van der Waals surface area contributed by atoms with E-state index in [4.69, 9.17) is 0 Å². The van der Waals surface area contributed by atoms with Gasteiger partial charge in [0.05, 0.1) is 0 Å². The Balaban J connectivity index is 2.49. The quantitative estimate of drug-likeness (QED) is 0.871. The fraction of sp³-hybridized carbons (Fsp3) is 0.250. The van der Waals surface area contributed by atoms with Crippen LogP contribution in [0.25, 0.3) is 5.69 Å². The van der Waals surface area contributed by atoms with Crippen molar-refractivity contribution in [3.63, 3.8) is 0 Å². The SMILES string of the molecule is CNCc1cccc(F)c1-n1ccc(C(F)(F)F)n1. The van der Waals surface area contributed by atoms with Crippen molar-refractivity contribution >= 4 is 0 Å². The van der Waals surface area contributed by atoms with Crippen LogP contribution < -0.4 is 5.32 Å². The van der Waals surface area contributed by atoms with E-state index in [9.17, 15) is 17.6 Å². The Bertz CT molecular complexity index is 575. The molecule has 0 spiro atoms. The summed E-state index contributed by atoms with van der Waals surface area (Å²) in [5.74, 6) is -0.621. The molecule has 1 aromatic carbocycles. The zero-order chi connectivity index (χ0) is 14.0. The van der Waals surface area contributed by atoms with E-state index in [1.54, 1.807) is 13.1 Å². The maximum Gasteiger partial charge on any atom is 0.435 e. The summed E-state index contributed by atoms with van der Waals surface area (Å²) in [6.45, 7) is 0.328. The number of hydrogen-bond donors (Lipinski definition) is 1. The van der Waals surface area contributed by atoms with Crippen molar-refractivity contribution in [2.75, 3.05) is 7.05 Å². The van der Waals surface area contributed by atoms with Crippen LogP contribution in [0.4, 0.5) is 17.6 Å². The Hall–Kier alpha value is -1.89. The minimum Gasteiger partial charge on any atom is -0.316 e. The second-order valence-electron chi connectivity index (χ2n) is 3.92. The second kappa shape index (κ2) is 5.00. The highest BCUT2D eigenvalue weighted by Crippen LogP contribution is 2.28. The molecular formula is C12H11F4N3. The monoisotopic (exact) mass is 273 g/mol.